The Labute approximate surface area is 134 Å². The topological polar surface area (TPSA) is 87.0 Å². The van der Waals surface area contributed by atoms with E-state index in [2.05, 4.69) is 0 Å². The van der Waals surface area contributed by atoms with Crippen molar-refractivity contribution in [2.24, 2.45) is 0 Å². The minimum Gasteiger partial charge on any atom is -0.508 e. The Bertz CT molecular complexity index is 734. The van der Waals surface area contributed by atoms with Gasteiger partial charge in [-0.25, -0.2) is 0 Å². The average Bonchev–Trinajstić information content (AvgIpc) is 2.52. The van der Waals surface area contributed by atoms with Crippen molar-refractivity contribution in [2.75, 3.05) is 7.11 Å². The van der Waals surface area contributed by atoms with Gasteiger partial charge in [-0.3, -0.25) is 4.79 Å². The van der Waals surface area contributed by atoms with Crippen LogP contribution in [0.4, 0.5) is 0 Å². The van der Waals surface area contributed by atoms with Gasteiger partial charge in [-0.15, -0.1) is 0 Å². The van der Waals surface area contributed by atoms with E-state index in [1.54, 1.807) is 24.3 Å². The van der Waals surface area contributed by atoms with Crippen molar-refractivity contribution < 1.29 is 24.9 Å². The SMILES string of the molecule is COc1cc(CC=CCC(=O)c2ccc(O)cc2O)ccc1O. The van der Waals surface area contributed by atoms with Gasteiger partial charge in [-0.1, -0.05) is 18.2 Å². The van der Waals surface area contributed by atoms with Crippen molar-refractivity contribution in [3.05, 3.63) is 59.7 Å². The lowest BCUT2D eigenvalue weighted by Crippen LogP contribution is -1.97. The first-order chi connectivity index (χ1) is 11.0. The fourth-order valence-electron chi connectivity index (χ4n) is 2.12. The highest BCUT2D eigenvalue weighted by Gasteiger charge is 2.10. The lowest BCUT2D eigenvalue weighted by atomic mass is 10.1. The van der Waals surface area contributed by atoms with Crippen LogP contribution in [-0.2, 0) is 6.42 Å². The Hall–Kier alpha value is -2.95. The maximum absolute atomic E-state index is 12.0. The predicted octanol–water partition coefficient (Wildman–Crippen LogP) is 3.18. The zero-order valence-corrected chi connectivity index (χ0v) is 12.7. The maximum atomic E-state index is 12.0. The summed E-state index contributed by atoms with van der Waals surface area (Å²) in [6, 6.07) is 8.95. The van der Waals surface area contributed by atoms with Crippen LogP contribution < -0.4 is 4.74 Å². The highest BCUT2D eigenvalue weighted by atomic mass is 16.5. The van der Waals surface area contributed by atoms with E-state index in [0.717, 1.165) is 11.6 Å². The van der Waals surface area contributed by atoms with Crippen LogP contribution in [0.3, 0.4) is 0 Å². The molecule has 0 aromatic heterocycles. The number of benzene rings is 2. The smallest absolute Gasteiger partial charge is 0.170 e. The van der Waals surface area contributed by atoms with Crippen LogP contribution in [0, 0.1) is 0 Å². The summed E-state index contributed by atoms with van der Waals surface area (Å²) in [5.41, 5.74) is 1.12. The molecule has 3 N–H and O–H groups in total. The molecule has 0 heterocycles. The molecule has 5 nitrogen and oxygen atoms in total. The molecule has 0 aliphatic heterocycles. The van der Waals surface area contributed by atoms with E-state index in [4.69, 9.17) is 4.74 Å². The highest BCUT2D eigenvalue weighted by Crippen LogP contribution is 2.26. The standard InChI is InChI=1S/C18H18O5/c1-23-18-10-12(6-9-16(18)21)4-2-3-5-15(20)14-8-7-13(19)11-17(14)22/h2-3,6-11,19,21-22H,4-5H2,1H3. The molecule has 0 radical (unpaired) electrons. The second-order valence-corrected chi connectivity index (χ2v) is 5.01. The number of aromatic hydroxyl groups is 3. The van der Waals surface area contributed by atoms with E-state index >= 15 is 0 Å². The molecule has 2 aromatic rings. The predicted molar refractivity (Wildman–Crippen MR) is 86.2 cm³/mol. The fourth-order valence-corrected chi connectivity index (χ4v) is 2.12. The molecule has 0 saturated carbocycles. The van der Waals surface area contributed by atoms with Gasteiger partial charge in [0, 0.05) is 12.5 Å². The first-order valence-corrected chi connectivity index (χ1v) is 7.07. The van der Waals surface area contributed by atoms with Gasteiger partial charge >= 0.3 is 0 Å². The quantitative estimate of drug-likeness (QED) is 0.563. The molecule has 0 bridgehead atoms. The zero-order valence-electron chi connectivity index (χ0n) is 12.7. The molecule has 2 aromatic carbocycles. The van der Waals surface area contributed by atoms with E-state index in [9.17, 15) is 20.1 Å². The third kappa shape index (κ3) is 4.26. The van der Waals surface area contributed by atoms with E-state index < -0.39 is 0 Å². The fraction of sp³-hybridized carbons (Fsp3) is 0.167. The summed E-state index contributed by atoms with van der Waals surface area (Å²) in [5.74, 6) is -0.0659. The van der Waals surface area contributed by atoms with Gasteiger partial charge in [0.1, 0.15) is 11.5 Å². The molecule has 120 valence electrons. The molecule has 23 heavy (non-hydrogen) atoms. The Morgan fingerprint density at radius 2 is 1.83 bits per heavy atom. The van der Waals surface area contributed by atoms with Gasteiger partial charge in [-0.2, -0.15) is 0 Å². The minimum atomic E-state index is -0.234. The molecule has 0 unspecified atom stereocenters. The normalized spacial score (nSPS) is 10.8. The third-order valence-electron chi connectivity index (χ3n) is 3.35. The zero-order chi connectivity index (χ0) is 16.8. The Morgan fingerprint density at radius 1 is 1.04 bits per heavy atom. The van der Waals surface area contributed by atoms with E-state index in [1.807, 2.05) is 6.08 Å². The van der Waals surface area contributed by atoms with Gasteiger partial charge in [0.25, 0.3) is 0 Å². The number of ether oxygens (including phenoxy) is 1. The number of allylic oxidation sites excluding steroid dienone is 2. The number of Topliss-reactive ketones (excluding diaryl/α,β-unsaturated/α-hetero) is 1. The number of carbonyl (C=O) groups excluding carboxylic acids is 1. The summed E-state index contributed by atoms with van der Waals surface area (Å²) in [6.07, 6.45) is 4.29. The molecule has 0 aliphatic carbocycles. The van der Waals surface area contributed by atoms with Gasteiger partial charge < -0.3 is 20.1 Å². The van der Waals surface area contributed by atoms with Gasteiger partial charge in [0.05, 0.1) is 12.7 Å². The number of ketones is 1. The van der Waals surface area contributed by atoms with Gasteiger partial charge in [0.2, 0.25) is 0 Å². The lowest BCUT2D eigenvalue weighted by molar-refractivity contribution is 0.0993. The summed E-state index contributed by atoms with van der Waals surface area (Å²) in [4.78, 5) is 12.0. The van der Waals surface area contributed by atoms with Crippen molar-refractivity contribution >= 4 is 5.78 Å². The maximum Gasteiger partial charge on any atom is 0.170 e. The number of phenolic OH excluding ortho intramolecular Hbond substituents is 3. The molecular formula is C18H18O5. The molecule has 2 rings (SSSR count). The first kappa shape index (κ1) is 16.4. The Morgan fingerprint density at radius 3 is 2.52 bits per heavy atom. The monoisotopic (exact) mass is 314 g/mol. The number of carbonyl (C=O) groups is 1. The largest absolute Gasteiger partial charge is 0.508 e. The van der Waals surface area contributed by atoms with E-state index in [-0.39, 0.29) is 35.0 Å². The average molecular weight is 314 g/mol. The summed E-state index contributed by atoms with van der Waals surface area (Å²) >= 11 is 0. The first-order valence-electron chi connectivity index (χ1n) is 7.07. The van der Waals surface area contributed by atoms with Crippen molar-refractivity contribution in [1.29, 1.82) is 0 Å². The van der Waals surface area contributed by atoms with Crippen LogP contribution in [0.5, 0.6) is 23.0 Å². The molecule has 0 fully saturated rings. The minimum absolute atomic E-state index is 0.0817. The van der Waals surface area contributed by atoms with E-state index in [1.165, 1.54) is 19.2 Å². The Balaban J connectivity index is 1.95. The van der Waals surface area contributed by atoms with Crippen LogP contribution in [0.15, 0.2) is 48.6 Å². The van der Waals surface area contributed by atoms with Crippen LogP contribution in [0.2, 0.25) is 0 Å². The second kappa shape index (κ2) is 7.35. The molecule has 5 heteroatoms. The van der Waals surface area contributed by atoms with Crippen LogP contribution >= 0.6 is 0 Å². The molecule has 0 amide bonds. The summed E-state index contributed by atoms with van der Waals surface area (Å²) < 4.78 is 5.03. The highest BCUT2D eigenvalue weighted by molar-refractivity contribution is 5.99. The van der Waals surface area contributed by atoms with Crippen molar-refractivity contribution in [1.82, 2.24) is 0 Å². The Kier molecular flexibility index (Phi) is 5.25. The van der Waals surface area contributed by atoms with Gasteiger partial charge in [0.15, 0.2) is 17.3 Å². The molecule has 0 spiro atoms. The number of methoxy groups -OCH3 is 1. The van der Waals surface area contributed by atoms with Crippen LogP contribution in [0.1, 0.15) is 22.3 Å². The number of phenols is 3. The van der Waals surface area contributed by atoms with E-state index in [0.29, 0.717) is 12.2 Å². The number of rotatable bonds is 6. The number of hydrogen-bond donors (Lipinski definition) is 3. The lowest BCUT2D eigenvalue weighted by Gasteiger charge is -2.05. The van der Waals surface area contributed by atoms with Crippen molar-refractivity contribution in [3.63, 3.8) is 0 Å². The third-order valence-corrected chi connectivity index (χ3v) is 3.35. The molecule has 0 aliphatic rings. The van der Waals surface area contributed by atoms with Crippen molar-refractivity contribution in [2.45, 2.75) is 12.8 Å². The van der Waals surface area contributed by atoms with Crippen LogP contribution in [-0.4, -0.2) is 28.2 Å². The summed E-state index contributed by atoms with van der Waals surface area (Å²) in [7, 11) is 1.48. The second-order valence-electron chi connectivity index (χ2n) is 5.01. The van der Waals surface area contributed by atoms with Crippen LogP contribution in [0.25, 0.3) is 0 Å². The molecule has 0 saturated heterocycles. The van der Waals surface area contributed by atoms with Crippen molar-refractivity contribution in [3.8, 4) is 23.0 Å². The summed E-state index contributed by atoms with van der Waals surface area (Å²) in [6.45, 7) is 0. The molecule has 0 atom stereocenters. The van der Waals surface area contributed by atoms with Gasteiger partial charge in [-0.05, 0) is 36.2 Å². The molecular weight excluding hydrogens is 296 g/mol. The summed E-state index contributed by atoms with van der Waals surface area (Å²) in [5, 5.41) is 28.4. The number of hydrogen-bond acceptors (Lipinski definition) is 5.